The van der Waals surface area contributed by atoms with Crippen LogP contribution >= 0.6 is 0 Å². The lowest BCUT2D eigenvalue weighted by Gasteiger charge is -2.67. The summed E-state index contributed by atoms with van der Waals surface area (Å²) < 4.78 is 0. The highest BCUT2D eigenvalue weighted by molar-refractivity contribution is 5.91. The molecule has 0 aliphatic heterocycles. The molecule has 0 unspecified atom stereocenters. The molecule has 0 saturated heterocycles. The molecule has 32 heavy (non-hydrogen) atoms. The highest BCUT2D eigenvalue weighted by Crippen LogP contribution is 2.70. The Morgan fingerprint density at radius 1 is 0.969 bits per heavy atom. The fraction of sp³-hybridized carbons (Fsp3) is 0.893. The molecule has 4 nitrogen and oxygen atoms in total. The minimum Gasteiger partial charge on any atom is -0.393 e. The summed E-state index contributed by atoms with van der Waals surface area (Å²) in [4.78, 5) is 12.1. The van der Waals surface area contributed by atoms with Gasteiger partial charge < -0.3 is 15.3 Å². The molecule has 0 aromatic heterocycles. The van der Waals surface area contributed by atoms with Crippen LogP contribution in [0.25, 0.3) is 0 Å². The monoisotopic (exact) mass is 446 g/mol. The molecule has 4 heteroatoms. The summed E-state index contributed by atoms with van der Waals surface area (Å²) in [6.45, 7) is 12.8. The fourth-order valence-corrected chi connectivity index (χ4v) is 9.42. The molecule has 182 valence electrons. The first-order valence-electron chi connectivity index (χ1n) is 13.2. The predicted octanol–water partition coefficient (Wildman–Crippen LogP) is 4.76. The van der Waals surface area contributed by atoms with Gasteiger partial charge in [-0.05, 0) is 91.4 Å². The van der Waals surface area contributed by atoms with E-state index in [9.17, 15) is 20.1 Å². The summed E-state index contributed by atoms with van der Waals surface area (Å²) in [6.07, 6.45) is 9.13. The van der Waals surface area contributed by atoms with Gasteiger partial charge in [-0.25, -0.2) is 0 Å². The van der Waals surface area contributed by atoms with Crippen LogP contribution in [0.4, 0.5) is 0 Å². The van der Waals surface area contributed by atoms with Crippen LogP contribution in [0.2, 0.25) is 0 Å². The number of aliphatic hydroxyl groups excluding tert-OH is 2. The summed E-state index contributed by atoms with van der Waals surface area (Å²) in [5, 5.41) is 34.5. The summed E-state index contributed by atoms with van der Waals surface area (Å²) in [5.41, 5.74) is -1.09. The lowest BCUT2D eigenvalue weighted by molar-refractivity contribution is -0.267. The minimum absolute atomic E-state index is 0.00988. The van der Waals surface area contributed by atoms with Crippen LogP contribution in [0.1, 0.15) is 86.5 Å². The first kappa shape index (κ1) is 24.4. The summed E-state index contributed by atoms with van der Waals surface area (Å²) in [5.74, 6) is 1.43. The molecule has 4 fully saturated rings. The van der Waals surface area contributed by atoms with E-state index in [2.05, 4.69) is 33.8 Å². The van der Waals surface area contributed by atoms with Gasteiger partial charge in [-0.15, -0.1) is 0 Å². The number of carbonyl (C=O) groups is 1. The first-order valence-corrected chi connectivity index (χ1v) is 13.2. The molecule has 3 N–H and O–H groups in total. The van der Waals surface area contributed by atoms with E-state index in [1.165, 1.54) is 0 Å². The second-order valence-corrected chi connectivity index (χ2v) is 12.9. The van der Waals surface area contributed by atoms with Gasteiger partial charge in [0.25, 0.3) is 0 Å². The Morgan fingerprint density at radius 3 is 2.31 bits per heavy atom. The van der Waals surface area contributed by atoms with Gasteiger partial charge in [0.1, 0.15) is 0 Å². The van der Waals surface area contributed by atoms with Crippen molar-refractivity contribution in [2.45, 2.75) is 104 Å². The fourth-order valence-electron chi connectivity index (χ4n) is 9.42. The van der Waals surface area contributed by atoms with Crippen LogP contribution in [-0.2, 0) is 4.79 Å². The van der Waals surface area contributed by atoms with E-state index in [-0.39, 0.29) is 52.3 Å². The molecule has 4 saturated carbocycles. The van der Waals surface area contributed by atoms with Gasteiger partial charge in [-0.1, -0.05) is 47.6 Å². The second kappa shape index (κ2) is 8.20. The maximum atomic E-state index is 12.3. The van der Waals surface area contributed by atoms with Gasteiger partial charge in [-0.2, -0.15) is 0 Å². The second-order valence-electron chi connectivity index (χ2n) is 12.9. The van der Waals surface area contributed by atoms with E-state index in [0.717, 1.165) is 44.9 Å². The van der Waals surface area contributed by atoms with Crippen LogP contribution in [0.3, 0.4) is 0 Å². The third-order valence-electron chi connectivity index (χ3n) is 11.0. The number of hydrogen-bond acceptors (Lipinski definition) is 4. The Balaban J connectivity index is 1.63. The van der Waals surface area contributed by atoms with Gasteiger partial charge >= 0.3 is 0 Å². The van der Waals surface area contributed by atoms with Crippen molar-refractivity contribution in [3.05, 3.63) is 12.2 Å². The molecule has 0 bridgehead atoms. The largest absolute Gasteiger partial charge is 0.393 e. The Hall–Kier alpha value is -0.710. The summed E-state index contributed by atoms with van der Waals surface area (Å²) in [6, 6.07) is 0. The van der Waals surface area contributed by atoms with Crippen molar-refractivity contribution >= 4 is 5.78 Å². The Kier molecular flexibility index (Phi) is 6.26. The lowest BCUT2D eigenvalue weighted by Crippen LogP contribution is -2.69. The van der Waals surface area contributed by atoms with Crippen LogP contribution in [0, 0.1) is 52.3 Å². The van der Waals surface area contributed by atoms with Crippen LogP contribution in [-0.4, -0.2) is 38.9 Å². The van der Waals surface area contributed by atoms with Gasteiger partial charge in [0.2, 0.25) is 0 Å². The van der Waals surface area contributed by atoms with Gasteiger partial charge in [0.15, 0.2) is 5.78 Å². The molecular formula is C28H46O4. The van der Waals surface area contributed by atoms with E-state index in [1.807, 2.05) is 13.8 Å². The van der Waals surface area contributed by atoms with Crippen molar-refractivity contribution in [3.8, 4) is 0 Å². The Morgan fingerprint density at radius 2 is 1.66 bits per heavy atom. The van der Waals surface area contributed by atoms with Gasteiger partial charge in [0.05, 0.1) is 17.8 Å². The van der Waals surface area contributed by atoms with Crippen LogP contribution < -0.4 is 0 Å². The van der Waals surface area contributed by atoms with Gasteiger partial charge in [-0.3, -0.25) is 4.79 Å². The molecule has 4 rings (SSSR count). The molecule has 0 heterocycles. The molecule has 0 spiro atoms. The van der Waals surface area contributed by atoms with Gasteiger partial charge in [0, 0.05) is 11.8 Å². The molecule has 0 aromatic carbocycles. The first-order chi connectivity index (χ1) is 14.9. The average Bonchev–Trinajstić information content (AvgIpc) is 3.06. The number of fused-ring (bicyclic) bond motifs is 5. The number of ketones is 1. The number of allylic oxidation sites excluding steroid dienone is 2. The van der Waals surface area contributed by atoms with Crippen molar-refractivity contribution in [1.82, 2.24) is 0 Å². The SMILES string of the molecule is CC(C)C(=O)/C=C/[C@H](C)[C@H]1CC[C@@H]2[C@]1(C)C[C@H](O)[C@@H]1[C@@]3(C)CC[C@H](O)[C@@H](C)[C@@H]3CC[C@@]21O. The van der Waals surface area contributed by atoms with Crippen LogP contribution in [0.5, 0.6) is 0 Å². The third-order valence-corrected chi connectivity index (χ3v) is 11.0. The van der Waals surface area contributed by atoms with E-state index >= 15 is 0 Å². The average molecular weight is 447 g/mol. The molecule has 0 aromatic rings. The zero-order valence-corrected chi connectivity index (χ0v) is 21.1. The quantitative estimate of drug-likeness (QED) is 0.544. The van der Waals surface area contributed by atoms with Crippen molar-refractivity contribution in [1.29, 1.82) is 0 Å². The van der Waals surface area contributed by atoms with Crippen LogP contribution in [0.15, 0.2) is 12.2 Å². The smallest absolute Gasteiger partial charge is 0.157 e. The number of carbonyl (C=O) groups excluding carboxylic acids is 1. The third kappa shape index (κ3) is 3.46. The highest BCUT2D eigenvalue weighted by Gasteiger charge is 2.70. The van der Waals surface area contributed by atoms with E-state index < -0.39 is 11.7 Å². The lowest BCUT2D eigenvalue weighted by atomic mass is 9.40. The summed E-state index contributed by atoms with van der Waals surface area (Å²) >= 11 is 0. The molecule has 0 radical (unpaired) electrons. The standard InChI is InChI=1S/C28H46O4/c1-16(2)21(29)9-7-17(3)19-8-10-24-27(19,6)15-23(31)25-26(5)13-12-22(30)18(4)20(26)11-14-28(24,25)32/h7,9,16-20,22-25,30-32H,8,10-15H2,1-6H3/b9-7+/t17-,18-,19+,20-,22-,23-,24+,25+,26-,27+,28+/m0/s1. The summed E-state index contributed by atoms with van der Waals surface area (Å²) in [7, 11) is 0. The molecule has 11 atom stereocenters. The molecule has 4 aliphatic carbocycles. The number of aliphatic hydroxyl groups is 3. The van der Waals surface area contributed by atoms with Crippen molar-refractivity contribution < 1.29 is 20.1 Å². The molecular weight excluding hydrogens is 400 g/mol. The Labute approximate surface area is 194 Å². The van der Waals surface area contributed by atoms with E-state index in [0.29, 0.717) is 11.8 Å². The zero-order valence-electron chi connectivity index (χ0n) is 21.1. The maximum Gasteiger partial charge on any atom is 0.157 e. The van der Waals surface area contributed by atoms with Crippen molar-refractivity contribution in [3.63, 3.8) is 0 Å². The van der Waals surface area contributed by atoms with Crippen molar-refractivity contribution in [2.75, 3.05) is 0 Å². The van der Waals surface area contributed by atoms with E-state index in [4.69, 9.17) is 0 Å². The van der Waals surface area contributed by atoms with E-state index in [1.54, 1.807) is 6.08 Å². The minimum atomic E-state index is -0.842. The highest BCUT2D eigenvalue weighted by atomic mass is 16.3. The molecule has 4 aliphatic rings. The van der Waals surface area contributed by atoms with Crippen molar-refractivity contribution in [2.24, 2.45) is 52.3 Å². The normalized spacial score (nSPS) is 51.9. The Bertz CT molecular complexity index is 761. The predicted molar refractivity (Wildman–Crippen MR) is 127 cm³/mol. The molecule has 0 amide bonds. The number of hydrogen-bond donors (Lipinski definition) is 3. The topological polar surface area (TPSA) is 77.8 Å². The maximum absolute atomic E-state index is 12.3. The number of rotatable bonds is 4. The zero-order chi connectivity index (χ0) is 23.6.